The van der Waals surface area contributed by atoms with Gasteiger partial charge in [-0.05, 0) is 68.7 Å². The lowest BCUT2D eigenvalue weighted by molar-refractivity contribution is -0.126. The minimum absolute atomic E-state index is 0.0570. The fraction of sp³-hybridized carbons (Fsp3) is 0.519. The molecule has 1 aliphatic heterocycles. The first-order chi connectivity index (χ1) is 16.9. The molecule has 35 heavy (non-hydrogen) atoms. The van der Waals surface area contributed by atoms with Gasteiger partial charge in [-0.15, -0.1) is 0 Å². The highest BCUT2D eigenvalue weighted by atomic mass is 32.2. The third kappa shape index (κ3) is 8.25. The molecule has 2 aromatic carbocycles. The first-order valence-corrected chi connectivity index (χ1v) is 14.1. The Morgan fingerprint density at radius 2 is 1.83 bits per heavy atom. The van der Waals surface area contributed by atoms with Crippen molar-refractivity contribution >= 4 is 15.9 Å². The second-order valence-corrected chi connectivity index (χ2v) is 11.0. The molecule has 0 bridgehead atoms. The molecule has 1 saturated heterocycles. The molecule has 1 atom stereocenters. The highest BCUT2D eigenvalue weighted by Crippen LogP contribution is 2.28. The van der Waals surface area contributed by atoms with E-state index in [-0.39, 0.29) is 24.1 Å². The van der Waals surface area contributed by atoms with Gasteiger partial charge in [0, 0.05) is 19.6 Å². The molecule has 0 saturated carbocycles. The first-order valence-electron chi connectivity index (χ1n) is 12.5. The maximum atomic E-state index is 12.9. The number of amides is 1. The lowest BCUT2D eigenvalue weighted by Gasteiger charge is -2.31. The molecule has 1 unspecified atom stereocenters. The summed E-state index contributed by atoms with van der Waals surface area (Å²) in [6.45, 7) is 3.83. The summed E-state index contributed by atoms with van der Waals surface area (Å²) in [4.78, 5) is 12.7. The quantitative estimate of drug-likeness (QED) is 0.421. The standard InChI is InChI=1S/C27H38N2O5S/c1-3-34-25-16-15-23(20-26(25)33-2)12-7-17-28-27(30)24-14-8-18-29(21-24)35(31,32)19-9-13-22-10-5-4-6-11-22/h4-6,10-11,15-16,20,24H,3,7-9,12-14,17-19,21H2,1-2H3,(H,28,30). The topological polar surface area (TPSA) is 84.9 Å². The normalized spacial score (nSPS) is 16.6. The van der Waals surface area contributed by atoms with Crippen LogP contribution in [0.4, 0.5) is 0 Å². The number of hydrogen-bond donors (Lipinski definition) is 1. The maximum Gasteiger partial charge on any atom is 0.224 e. The highest BCUT2D eigenvalue weighted by Gasteiger charge is 2.31. The molecule has 1 aliphatic rings. The molecule has 1 amide bonds. The Balaban J connectivity index is 1.41. The summed E-state index contributed by atoms with van der Waals surface area (Å²) in [7, 11) is -1.74. The molecule has 0 radical (unpaired) electrons. The van der Waals surface area contributed by atoms with Crippen molar-refractivity contribution in [1.29, 1.82) is 0 Å². The van der Waals surface area contributed by atoms with Gasteiger partial charge >= 0.3 is 0 Å². The Kier molecular flexibility index (Phi) is 10.4. The van der Waals surface area contributed by atoms with Gasteiger partial charge in [0.25, 0.3) is 0 Å². The number of methoxy groups -OCH3 is 1. The van der Waals surface area contributed by atoms with Crippen LogP contribution in [0.1, 0.15) is 43.7 Å². The van der Waals surface area contributed by atoms with Gasteiger partial charge in [0.1, 0.15) is 0 Å². The zero-order chi connectivity index (χ0) is 25.1. The van der Waals surface area contributed by atoms with E-state index in [1.807, 2.05) is 55.5 Å². The van der Waals surface area contributed by atoms with E-state index >= 15 is 0 Å². The van der Waals surface area contributed by atoms with Crippen molar-refractivity contribution < 1.29 is 22.7 Å². The van der Waals surface area contributed by atoms with E-state index in [2.05, 4.69) is 5.32 Å². The number of ether oxygens (including phenoxy) is 2. The van der Waals surface area contributed by atoms with Crippen LogP contribution in [-0.4, -0.2) is 57.7 Å². The van der Waals surface area contributed by atoms with Gasteiger partial charge in [-0.3, -0.25) is 4.79 Å². The Morgan fingerprint density at radius 3 is 2.57 bits per heavy atom. The van der Waals surface area contributed by atoms with Gasteiger partial charge in [0.15, 0.2) is 11.5 Å². The number of hydrogen-bond acceptors (Lipinski definition) is 5. The van der Waals surface area contributed by atoms with Crippen molar-refractivity contribution in [3.8, 4) is 11.5 Å². The average molecular weight is 503 g/mol. The minimum atomic E-state index is -3.36. The molecular formula is C27H38N2O5S. The molecule has 192 valence electrons. The maximum absolute atomic E-state index is 12.9. The van der Waals surface area contributed by atoms with Crippen LogP contribution in [0.5, 0.6) is 11.5 Å². The Bertz CT molecular complexity index is 1040. The van der Waals surface area contributed by atoms with Crippen LogP contribution in [-0.2, 0) is 27.7 Å². The van der Waals surface area contributed by atoms with Crippen LogP contribution < -0.4 is 14.8 Å². The average Bonchev–Trinajstić information content (AvgIpc) is 2.88. The third-order valence-electron chi connectivity index (χ3n) is 6.33. The van der Waals surface area contributed by atoms with Crippen molar-refractivity contribution in [3.05, 3.63) is 59.7 Å². The number of benzene rings is 2. The Labute approximate surface area is 209 Å². The van der Waals surface area contributed by atoms with E-state index in [1.54, 1.807) is 7.11 Å². The number of carbonyl (C=O) groups is 1. The molecular weight excluding hydrogens is 464 g/mol. The minimum Gasteiger partial charge on any atom is -0.493 e. The van der Waals surface area contributed by atoms with Gasteiger partial charge in [-0.25, -0.2) is 12.7 Å². The summed E-state index contributed by atoms with van der Waals surface area (Å²) in [6, 6.07) is 15.8. The summed E-state index contributed by atoms with van der Waals surface area (Å²) in [6.07, 6.45) is 4.33. The number of rotatable bonds is 13. The number of nitrogens with zero attached hydrogens (tertiary/aromatic N) is 1. The predicted molar refractivity (Wildman–Crippen MR) is 138 cm³/mol. The second-order valence-electron chi connectivity index (χ2n) is 8.92. The lowest BCUT2D eigenvalue weighted by atomic mass is 9.99. The monoisotopic (exact) mass is 502 g/mol. The number of aryl methyl sites for hydroxylation is 2. The molecule has 1 fully saturated rings. The summed E-state index contributed by atoms with van der Waals surface area (Å²) in [5.74, 6) is 1.20. The number of carbonyl (C=O) groups excluding carboxylic acids is 1. The zero-order valence-corrected chi connectivity index (χ0v) is 21.7. The summed E-state index contributed by atoms with van der Waals surface area (Å²) < 4.78 is 38.2. The summed E-state index contributed by atoms with van der Waals surface area (Å²) in [5.41, 5.74) is 2.26. The van der Waals surface area contributed by atoms with Crippen molar-refractivity contribution in [2.45, 2.75) is 45.4 Å². The van der Waals surface area contributed by atoms with Crippen molar-refractivity contribution in [2.24, 2.45) is 5.92 Å². The van der Waals surface area contributed by atoms with Gasteiger partial charge in [-0.1, -0.05) is 36.4 Å². The largest absolute Gasteiger partial charge is 0.493 e. The molecule has 2 aromatic rings. The van der Waals surface area contributed by atoms with E-state index in [1.165, 1.54) is 4.31 Å². The van der Waals surface area contributed by atoms with E-state index in [0.29, 0.717) is 38.3 Å². The van der Waals surface area contributed by atoms with E-state index < -0.39 is 10.0 Å². The van der Waals surface area contributed by atoms with Crippen LogP contribution in [0, 0.1) is 5.92 Å². The first kappa shape index (κ1) is 27.0. The van der Waals surface area contributed by atoms with Crippen LogP contribution in [0.15, 0.2) is 48.5 Å². The second kappa shape index (κ2) is 13.5. The zero-order valence-electron chi connectivity index (χ0n) is 20.9. The summed E-state index contributed by atoms with van der Waals surface area (Å²) >= 11 is 0. The highest BCUT2D eigenvalue weighted by molar-refractivity contribution is 7.89. The van der Waals surface area contributed by atoms with E-state index in [0.717, 1.165) is 42.6 Å². The van der Waals surface area contributed by atoms with Crippen molar-refractivity contribution in [3.63, 3.8) is 0 Å². The molecule has 0 spiro atoms. The Morgan fingerprint density at radius 1 is 1.06 bits per heavy atom. The Hall–Kier alpha value is -2.58. The molecule has 3 rings (SSSR count). The van der Waals surface area contributed by atoms with Crippen molar-refractivity contribution in [2.75, 3.05) is 39.1 Å². The molecule has 0 aromatic heterocycles. The fourth-order valence-corrected chi connectivity index (χ4v) is 6.01. The molecule has 1 heterocycles. The molecule has 0 aliphatic carbocycles. The van der Waals surface area contributed by atoms with E-state index in [9.17, 15) is 13.2 Å². The van der Waals surface area contributed by atoms with E-state index in [4.69, 9.17) is 9.47 Å². The van der Waals surface area contributed by atoms with Gasteiger partial charge in [-0.2, -0.15) is 0 Å². The predicted octanol–water partition coefficient (Wildman–Crippen LogP) is 3.82. The fourth-order valence-electron chi connectivity index (χ4n) is 4.43. The van der Waals surface area contributed by atoms with Crippen LogP contribution in [0.3, 0.4) is 0 Å². The van der Waals surface area contributed by atoms with Gasteiger partial charge < -0.3 is 14.8 Å². The van der Waals surface area contributed by atoms with Crippen LogP contribution in [0.25, 0.3) is 0 Å². The molecule has 7 nitrogen and oxygen atoms in total. The molecule has 8 heteroatoms. The summed E-state index contributed by atoms with van der Waals surface area (Å²) in [5, 5.41) is 3.00. The number of nitrogens with one attached hydrogen (secondary N) is 1. The number of piperidine rings is 1. The van der Waals surface area contributed by atoms with Gasteiger partial charge in [0.05, 0.1) is 25.4 Å². The third-order valence-corrected chi connectivity index (χ3v) is 8.25. The lowest BCUT2D eigenvalue weighted by Crippen LogP contribution is -2.46. The number of sulfonamides is 1. The SMILES string of the molecule is CCOc1ccc(CCCNC(=O)C2CCCN(S(=O)(=O)CCCc3ccccc3)C2)cc1OC. The molecule has 1 N–H and O–H groups in total. The van der Waals surface area contributed by atoms with Crippen LogP contribution in [0.2, 0.25) is 0 Å². The van der Waals surface area contributed by atoms with Gasteiger partial charge in [0.2, 0.25) is 15.9 Å². The van der Waals surface area contributed by atoms with Crippen molar-refractivity contribution in [1.82, 2.24) is 9.62 Å². The smallest absolute Gasteiger partial charge is 0.224 e. The van der Waals surface area contributed by atoms with Crippen LogP contribution >= 0.6 is 0 Å².